The molecular formula is C17H14N2O4. The molecule has 3 heterocycles. The number of amides is 3. The number of carbonyl (C=O) groups is 3. The van der Waals surface area contributed by atoms with E-state index in [0.29, 0.717) is 24.2 Å². The first kappa shape index (κ1) is 13.8. The second-order valence-corrected chi connectivity index (χ2v) is 5.63. The normalized spacial score (nSPS) is 20.3. The number of para-hydroxylation sites is 1. The van der Waals surface area contributed by atoms with Crippen molar-refractivity contribution in [3.05, 3.63) is 54.0 Å². The minimum absolute atomic E-state index is 0.0760. The number of carbonyl (C=O) groups excluding carboxylic acids is 3. The van der Waals surface area contributed by atoms with Crippen molar-refractivity contribution in [3.63, 3.8) is 0 Å². The lowest BCUT2D eigenvalue weighted by molar-refractivity contribution is -0.121. The van der Waals surface area contributed by atoms with Crippen LogP contribution < -0.4 is 4.90 Å². The van der Waals surface area contributed by atoms with Crippen LogP contribution in [0.2, 0.25) is 0 Å². The van der Waals surface area contributed by atoms with Gasteiger partial charge in [-0.1, -0.05) is 12.1 Å². The summed E-state index contributed by atoms with van der Waals surface area (Å²) in [6.45, 7) is 0.534. The highest BCUT2D eigenvalue weighted by molar-refractivity contribution is 6.25. The van der Waals surface area contributed by atoms with E-state index in [1.807, 2.05) is 0 Å². The maximum absolute atomic E-state index is 12.9. The Bertz CT molecular complexity index is 797. The Balaban J connectivity index is 1.89. The molecule has 0 bridgehead atoms. The standard InChI is InChI=1S/C17H14N2O4/c20-15-11-5-1-2-6-12(11)19(17(22)14-8-4-10-23-14)16(21)13-7-3-9-18(13)15/h1-2,4-6,8,10,13H,3,7,9H2. The molecule has 1 saturated heterocycles. The smallest absolute Gasteiger partial charge is 0.300 e. The van der Waals surface area contributed by atoms with Crippen LogP contribution >= 0.6 is 0 Å². The molecule has 1 atom stereocenters. The Kier molecular flexibility index (Phi) is 3.04. The zero-order valence-corrected chi connectivity index (χ0v) is 12.3. The third-order valence-corrected chi connectivity index (χ3v) is 4.33. The average molecular weight is 310 g/mol. The quantitative estimate of drug-likeness (QED) is 0.756. The van der Waals surface area contributed by atoms with Crippen molar-refractivity contribution < 1.29 is 18.8 Å². The van der Waals surface area contributed by atoms with Crippen molar-refractivity contribution in [1.29, 1.82) is 0 Å². The summed E-state index contributed by atoms with van der Waals surface area (Å²) in [6.07, 6.45) is 2.71. The van der Waals surface area contributed by atoms with Crippen molar-refractivity contribution >= 4 is 23.4 Å². The first-order chi connectivity index (χ1) is 11.2. The molecule has 0 radical (unpaired) electrons. The van der Waals surface area contributed by atoms with Crippen molar-refractivity contribution in [3.8, 4) is 0 Å². The Hall–Kier alpha value is -2.89. The molecule has 1 fully saturated rings. The van der Waals surface area contributed by atoms with E-state index in [1.165, 1.54) is 12.3 Å². The van der Waals surface area contributed by atoms with Crippen LogP contribution in [0.15, 0.2) is 47.1 Å². The van der Waals surface area contributed by atoms with Crippen LogP contribution in [-0.4, -0.2) is 35.2 Å². The van der Waals surface area contributed by atoms with E-state index in [1.54, 1.807) is 35.2 Å². The lowest BCUT2D eigenvalue weighted by atomic mass is 10.1. The van der Waals surface area contributed by atoms with E-state index in [2.05, 4.69) is 0 Å². The van der Waals surface area contributed by atoms with Gasteiger partial charge in [-0.2, -0.15) is 0 Å². The summed E-state index contributed by atoms with van der Waals surface area (Å²) in [7, 11) is 0. The number of hydrogen-bond donors (Lipinski definition) is 0. The molecule has 0 spiro atoms. The van der Waals surface area contributed by atoms with Gasteiger partial charge in [-0.15, -0.1) is 0 Å². The molecule has 6 heteroatoms. The van der Waals surface area contributed by atoms with Crippen molar-refractivity contribution in [2.75, 3.05) is 11.4 Å². The highest BCUT2D eigenvalue weighted by Crippen LogP contribution is 2.33. The maximum atomic E-state index is 12.9. The second-order valence-electron chi connectivity index (χ2n) is 5.63. The van der Waals surface area contributed by atoms with Gasteiger partial charge in [0.1, 0.15) is 6.04 Å². The lowest BCUT2D eigenvalue weighted by Gasteiger charge is -2.23. The van der Waals surface area contributed by atoms with Gasteiger partial charge in [-0.25, -0.2) is 4.90 Å². The minimum atomic E-state index is -0.589. The van der Waals surface area contributed by atoms with Gasteiger partial charge < -0.3 is 9.32 Å². The number of benzene rings is 1. The molecule has 23 heavy (non-hydrogen) atoms. The van der Waals surface area contributed by atoms with Crippen LogP contribution in [0.4, 0.5) is 5.69 Å². The summed E-state index contributed by atoms with van der Waals surface area (Å²) in [6, 6.07) is 9.22. The fourth-order valence-electron chi connectivity index (χ4n) is 3.26. The van der Waals surface area contributed by atoms with Crippen molar-refractivity contribution in [2.45, 2.75) is 18.9 Å². The van der Waals surface area contributed by atoms with Gasteiger partial charge in [-0.05, 0) is 37.1 Å². The number of hydrogen-bond acceptors (Lipinski definition) is 4. The van der Waals surface area contributed by atoms with Crippen LogP contribution in [0.1, 0.15) is 33.8 Å². The lowest BCUT2D eigenvalue weighted by Crippen LogP contribution is -2.47. The van der Waals surface area contributed by atoms with Crippen LogP contribution in [0.5, 0.6) is 0 Å². The van der Waals surface area contributed by atoms with Gasteiger partial charge in [0.2, 0.25) is 0 Å². The second kappa shape index (κ2) is 5.08. The van der Waals surface area contributed by atoms with Gasteiger partial charge in [0.05, 0.1) is 17.5 Å². The molecule has 1 aromatic heterocycles. The highest BCUT2D eigenvalue weighted by atomic mass is 16.3. The Morgan fingerprint density at radius 3 is 2.74 bits per heavy atom. The van der Waals surface area contributed by atoms with Crippen molar-refractivity contribution in [1.82, 2.24) is 4.90 Å². The number of imide groups is 1. The summed E-state index contributed by atoms with van der Waals surface area (Å²) >= 11 is 0. The molecule has 0 N–H and O–H groups in total. The topological polar surface area (TPSA) is 70.8 Å². The molecule has 0 saturated carbocycles. The molecule has 0 aliphatic carbocycles. The summed E-state index contributed by atoms with van der Waals surface area (Å²) in [5.41, 5.74) is 0.684. The van der Waals surface area contributed by atoms with E-state index in [9.17, 15) is 14.4 Å². The zero-order chi connectivity index (χ0) is 16.0. The molecule has 2 aliphatic rings. The van der Waals surface area contributed by atoms with E-state index in [0.717, 1.165) is 11.3 Å². The van der Waals surface area contributed by atoms with Gasteiger partial charge in [0.25, 0.3) is 11.8 Å². The molecule has 116 valence electrons. The number of nitrogens with zero attached hydrogens (tertiary/aromatic N) is 2. The van der Waals surface area contributed by atoms with Crippen molar-refractivity contribution in [2.24, 2.45) is 0 Å². The van der Waals surface area contributed by atoms with E-state index in [4.69, 9.17) is 4.42 Å². The first-order valence-corrected chi connectivity index (χ1v) is 7.50. The Morgan fingerprint density at radius 1 is 1.13 bits per heavy atom. The minimum Gasteiger partial charge on any atom is -0.459 e. The van der Waals surface area contributed by atoms with Crippen LogP contribution in [-0.2, 0) is 4.79 Å². The largest absolute Gasteiger partial charge is 0.459 e. The Morgan fingerprint density at radius 2 is 1.96 bits per heavy atom. The van der Waals surface area contributed by atoms with Gasteiger partial charge in [0.15, 0.2) is 5.76 Å². The van der Waals surface area contributed by atoms with E-state index < -0.39 is 11.9 Å². The summed E-state index contributed by atoms with van der Waals surface area (Å²) in [4.78, 5) is 41.1. The summed E-state index contributed by atoms with van der Waals surface area (Å²) < 4.78 is 5.15. The predicted molar refractivity (Wildman–Crippen MR) is 81.0 cm³/mol. The molecule has 2 aliphatic heterocycles. The average Bonchev–Trinajstić information content (AvgIpc) is 3.24. The first-order valence-electron chi connectivity index (χ1n) is 7.50. The van der Waals surface area contributed by atoms with Gasteiger partial charge in [-0.3, -0.25) is 14.4 Å². The number of rotatable bonds is 1. The van der Waals surface area contributed by atoms with E-state index >= 15 is 0 Å². The molecule has 3 amide bonds. The third-order valence-electron chi connectivity index (χ3n) is 4.33. The SMILES string of the molecule is O=C(c1ccco1)N1C(=O)C2CCCN2C(=O)c2ccccc21. The summed E-state index contributed by atoms with van der Waals surface area (Å²) in [5.74, 6) is -1.05. The van der Waals surface area contributed by atoms with Gasteiger partial charge >= 0.3 is 5.91 Å². The molecule has 2 aromatic rings. The van der Waals surface area contributed by atoms with Crippen LogP contribution in [0.3, 0.4) is 0 Å². The number of furan rings is 1. The fourth-order valence-corrected chi connectivity index (χ4v) is 3.26. The molecule has 1 aromatic carbocycles. The molecular weight excluding hydrogens is 296 g/mol. The molecule has 1 unspecified atom stereocenters. The zero-order valence-electron chi connectivity index (χ0n) is 12.3. The fraction of sp³-hybridized carbons (Fsp3) is 0.235. The van der Waals surface area contributed by atoms with Crippen LogP contribution in [0.25, 0.3) is 0 Å². The molecule has 4 rings (SSSR count). The highest BCUT2D eigenvalue weighted by Gasteiger charge is 2.44. The maximum Gasteiger partial charge on any atom is 0.300 e. The summed E-state index contributed by atoms with van der Waals surface area (Å²) in [5, 5.41) is 0. The monoisotopic (exact) mass is 310 g/mol. The molecule has 6 nitrogen and oxygen atoms in total. The third kappa shape index (κ3) is 1.98. The Labute approximate surface area is 132 Å². The number of anilines is 1. The van der Waals surface area contributed by atoms with Crippen LogP contribution in [0, 0.1) is 0 Å². The van der Waals surface area contributed by atoms with E-state index in [-0.39, 0.29) is 17.6 Å². The number of fused-ring (bicyclic) bond motifs is 2. The van der Waals surface area contributed by atoms with Gasteiger partial charge in [0, 0.05) is 6.54 Å². The predicted octanol–water partition coefficient (Wildman–Crippen LogP) is 2.07.